The molecule has 2 rings (SSSR count). The summed E-state index contributed by atoms with van der Waals surface area (Å²) < 4.78 is 4.61. The van der Waals surface area contributed by atoms with E-state index < -0.39 is 0 Å². The molecule has 0 aromatic carbocycles. The molecule has 0 amide bonds. The Labute approximate surface area is 154 Å². The van der Waals surface area contributed by atoms with E-state index in [1.54, 1.807) is 0 Å². The van der Waals surface area contributed by atoms with Gasteiger partial charge in [0.15, 0.2) is 24.8 Å². The highest BCUT2D eigenvalue weighted by atomic mass is 14.9. The smallest absolute Gasteiger partial charge is 0.169 e. The van der Waals surface area contributed by atoms with E-state index in [0.29, 0.717) is 0 Å². The summed E-state index contributed by atoms with van der Waals surface area (Å²) in [4.78, 5) is 0. The van der Waals surface area contributed by atoms with Crippen molar-refractivity contribution < 1.29 is 9.13 Å². The molecule has 0 spiro atoms. The van der Waals surface area contributed by atoms with Gasteiger partial charge in [-0.05, 0) is 37.8 Å². The maximum atomic E-state index is 2.30. The largest absolute Gasteiger partial charge is 0.205 e. The van der Waals surface area contributed by atoms with Gasteiger partial charge in [-0.25, -0.2) is 9.13 Å². The van der Waals surface area contributed by atoms with Crippen LogP contribution in [0.3, 0.4) is 0 Å². The van der Waals surface area contributed by atoms with E-state index in [1.807, 2.05) is 0 Å². The van der Waals surface area contributed by atoms with Gasteiger partial charge in [0.25, 0.3) is 0 Å². The molecule has 0 saturated heterocycles. The Hall–Kier alpha value is -1.70. The lowest BCUT2D eigenvalue weighted by molar-refractivity contribution is -0.697. The molecule has 2 nitrogen and oxygen atoms in total. The van der Waals surface area contributed by atoms with Crippen molar-refractivity contribution in [3.63, 3.8) is 0 Å². The number of unbranched alkanes of at least 4 members (excludes halogenated alkanes) is 8. The molecule has 0 radical (unpaired) electrons. The van der Waals surface area contributed by atoms with Crippen LogP contribution >= 0.6 is 0 Å². The summed E-state index contributed by atoms with van der Waals surface area (Å²) in [5.41, 5.74) is 2.68. The lowest BCUT2D eigenvalue weighted by Crippen LogP contribution is -2.32. The molecule has 0 aliphatic carbocycles. The standard InChI is InChI=1S/C23H36N2/c1-22-12-18-24(19-13-22)16-10-8-6-4-3-5-7-9-11-17-25-20-14-23(2)15-21-25/h12-15,18-21H,3-11,16-17H2,1-2H3/q+2. The summed E-state index contributed by atoms with van der Waals surface area (Å²) in [6, 6.07) is 8.77. The Morgan fingerprint density at radius 1 is 0.480 bits per heavy atom. The molecule has 2 heteroatoms. The van der Waals surface area contributed by atoms with Gasteiger partial charge in [-0.3, -0.25) is 0 Å². The number of nitrogens with zero attached hydrogens (tertiary/aromatic N) is 2. The maximum absolute atomic E-state index is 2.30. The van der Waals surface area contributed by atoms with Gasteiger partial charge in [-0.2, -0.15) is 0 Å². The summed E-state index contributed by atoms with van der Waals surface area (Å²) in [7, 11) is 0. The third-order valence-corrected chi connectivity index (χ3v) is 4.95. The third-order valence-electron chi connectivity index (χ3n) is 4.95. The van der Waals surface area contributed by atoms with E-state index in [4.69, 9.17) is 0 Å². The molecule has 0 atom stereocenters. The van der Waals surface area contributed by atoms with Crippen LogP contribution in [0.15, 0.2) is 49.1 Å². The maximum Gasteiger partial charge on any atom is 0.169 e. The second kappa shape index (κ2) is 11.8. The Morgan fingerprint density at radius 3 is 1.08 bits per heavy atom. The number of hydrogen-bond acceptors (Lipinski definition) is 0. The number of aromatic nitrogens is 2. The molecule has 0 saturated carbocycles. The Kier molecular flexibility index (Phi) is 9.25. The van der Waals surface area contributed by atoms with Crippen molar-refractivity contribution in [2.24, 2.45) is 0 Å². The average molecular weight is 341 g/mol. The van der Waals surface area contributed by atoms with Crippen LogP contribution in [0.2, 0.25) is 0 Å². The zero-order chi connectivity index (χ0) is 17.7. The monoisotopic (exact) mass is 340 g/mol. The number of pyridine rings is 2. The summed E-state index contributed by atoms with van der Waals surface area (Å²) in [5, 5.41) is 0. The normalized spacial score (nSPS) is 11.0. The van der Waals surface area contributed by atoms with Gasteiger partial charge in [0, 0.05) is 37.1 Å². The number of hydrogen-bond donors (Lipinski definition) is 0. The van der Waals surface area contributed by atoms with Crippen molar-refractivity contribution in [3.8, 4) is 0 Å². The second-order valence-corrected chi connectivity index (χ2v) is 7.41. The summed E-state index contributed by atoms with van der Waals surface area (Å²) >= 11 is 0. The highest BCUT2D eigenvalue weighted by Gasteiger charge is 2.00. The first-order valence-corrected chi connectivity index (χ1v) is 10.2. The molecule has 0 aliphatic rings. The van der Waals surface area contributed by atoms with Gasteiger partial charge in [0.1, 0.15) is 13.1 Å². The molecular formula is C23H36N2+2. The van der Waals surface area contributed by atoms with Crippen molar-refractivity contribution in [2.75, 3.05) is 0 Å². The van der Waals surface area contributed by atoms with Crippen LogP contribution in [0.25, 0.3) is 0 Å². The molecule has 0 N–H and O–H groups in total. The minimum Gasteiger partial charge on any atom is -0.205 e. The van der Waals surface area contributed by atoms with E-state index in [0.717, 1.165) is 13.1 Å². The first-order valence-electron chi connectivity index (χ1n) is 10.2. The van der Waals surface area contributed by atoms with Gasteiger partial charge in [-0.15, -0.1) is 0 Å². The molecule has 2 aromatic rings. The first-order chi connectivity index (χ1) is 12.2. The van der Waals surface area contributed by atoms with Crippen LogP contribution in [-0.2, 0) is 13.1 Å². The fourth-order valence-electron chi connectivity index (χ4n) is 3.19. The predicted octanol–water partition coefficient (Wildman–Crippen LogP) is 5.09. The zero-order valence-electron chi connectivity index (χ0n) is 16.3. The van der Waals surface area contributed by atoms with E-state index >= 15 is 0 Å². The number of rotatable bonds is 12. The Balaban J connectivity index is 1.37. The molecule has 0 aliphatic heterocycles. The van der Waals surface area contributed by atoms with Crippen molar-refractivity contribution in [2.45, 2.75) is 84.7 Å². The lowest BCUT2D eigenvalue weighted by atomic mass is 10.1. The Bertz CT molecular complexity index is 519. The summed E-state index contributed by atoms with van der Waals surface area (Å²) in [5.74, 6) is 0. The lowest BCUT2D eigenvalue weighted by Gasteiger charge is -2.02. The fourth-order valence-corrected chi connectivity index (χ4v) is 3.19. The second-order valence-electron chi connectivity index (χ2n) is 7.41. The summed E-state index contributed by atoms with van der Waals surface area (Å²) in [6.07, 6.45) is 21.2. The van der Waals surface area contributed by atoms with Gasteiger partial charge < -0.3 is 0 Å². The zero-order valence-corrected chi connectivity index (χ0v) is 16.3. The minimum absolute atomic E-state index is 1.16. The van der Waals surface area contributed by atoms with Gasteiger partial charge in [0.2, 0.25) is 0 Å². The molecule has 0 bridgehead atoms. The molecule has 0 fully saturated rings. The van der Waals surface area contributed by atoms with E-state index in [9.17, 15) is 0 Å². The van der Waals surface area contributed by atoms with Crippen molar-refractivity contribution in [1.82, 2.24) is 0 Å². The van der Waals surface area contributed by atoms with Crippen molar-refractivity contribution in [3.05, 3.63) is 60.2 Å². The predicted molar refractivity (Wildman–Crippen MR) is 104 cm³/mol. The van der Waals surface area contributed by atoms with E-state index in [-0.39, 0.29) is 0 Å². The van der Waals surface area contributed by atoms with Crippen LogP contribution in [0.4, 0.5) is 0 Å². The van der Waals surface area contributed by atoms with E-state index in [2.05, 4.69) is 72.0 Å². The number of aryl methyl sites for hydroxylation is 4. The molecule has 136 valence electrons. The van der Waals surface area contributed by atoms with Gasteiger partial charge in [0.05, 0.1) is 0 Å². The van der Waals surface area contributed by atoms with Crippen LogP contribution in [0, 0.1) is 13.8 Å². The van der Waals surface area contributed by atoms with Crippen LogP contribution < -0.4 is 9.13 Å². The van der Waals surface area contributed by atoms with Crippen molar-refractivity contribution in [1.29, 1.82) is 0 Å². The van der Waals surface area contributed by atoms with Crippen LogP contribution in [0.1, 0.15) is 68.9 Å². The minimum atomic E-state index is 1.16. The van der Waals surface area contributed by atoms with Gasteiger partial charge >= 0.3 is 0 Å². The molecule has 25 heavy (non-hydrogen) atoms. The molecule has 0 unspecified atom stereocenters. The Morgan fingerprint density at radius 2 is 0.760 bits per heavy atom. The highest BCUT2D eigenvalue weighted by molar-refractivity contribution is 5.03. The average Bonchev–Trinajstić information content (AvgIpc) is 2.63. The molecule has 2 aromatic heterocycles. The SMILES string of the molecule is Cc1cc[n+](CCCCCCCCCCC[n+]2ccc(C)cc2)cc1. The summed E-state index contributed by atoms with van der Waals surface area (Å²) in [6.45, 7) is 6.62. The first kappa shape index (κ1) is 19.6. The topological polar surface area (TPSA) is 7.76 Å². The third kappa shape index (κ3) is 8.81. The van der Waals surface area contributed by atoms with Crippen molar-refractivity contribution >= 4 is 0 Å². The highest BCUT2D eigenvalue weighted by Crippen LogP contribution is 2.09. The molecule has 2 heterocycles. The van der Waals surface area contributed by atoms with Crippen LogP contribution in [-0.4, -0.2) is 0 Å². The van der Waals surface area contributed by atoms with Crippen LogP contribution in [0.5, 0.6) is 0 Å². The quantitative estimate of drug-likeness (QED) is 0.375. The fraction of sp³-hybridized carbons (Fsp3) is 0.565. The molecular weight excluding hydrogens is 304 g/mol. The van der Waals surface area contributed by atoms with Gasteiger partial charge in [-0.1, -0.05) is 32.1 Å². The van der Waals surface area contributed by atoms with E-state index in [1.165, 1.54) is 68.9 Å².